The summed E-state index contributed by atoms with van der Waals surface area (Å²) in [6, 6.07) is 14.5. The quantitative estimate of drug-likeness (QED) is 0.574. The van der Waals surface area contributed by atoms with Gasteiger partial charge in [0.1, 0.15) is 0 Å². The molecule has 0 amide bonds. The van der Waals surface area contributed by atoms with Crippen LogP contribution in [0.2, 0.25) is 0 Å². The molecule has 0 atom stereocenters. The molecule has 0 saturated heterocycles. The normalized spacial score (nSPS) is 11.7. The van der Waals surface area contributed by atoms with E-state index in [0.717, 1.165) is 46.9 Å². The number of fused-ring (bicyclic) bond motifs is 2. The average molecular weight is 331 g/mol. The summed E-state index contributed by atoms with van der Waals surface area (Å²) in [5, 5.41) is 5.65. The molecular formula is C20H21N5. The highest BCUT2D eigenvalue weighted by Crippen LogP contribution is 2.16. The molecule has 4 rings (SSSR count). The van der Waals surface area contributed by atoms with Crippen LogP contribution >= 0.6 is 0 Å². The van der Waals surface area contributed by atoms with Gasteiger partial charge in [-0.25, -0.2) is 9.50 Å². The second-order valence-electron chi connectivity index (χ2n) is 6.61. The van der Waals surface area contributed by atoms with Crippen LogP contribution in [0.15, 0.2) is 48.7 Å². The Hall–Kier alpha value is -2.79. The van der Waals surface area contributed by atoms with E-state index in [-0.39, 0.29) is 0 Å². The number of aromatic nitrogens is 4. The van der Waals surface area contributed by atoms with Crippen molar-refractivity contribution in [3.05, 3.63) is 71.3 Å². The van der Waals surface area contributed by atoms with Gasteiger partial charge in [0, 0.05) is 35.4 Å². The van der Waals surface area contributed by atoms with Crippen molar-refractivity contribution in [3.8, 4) is 0 Å². The first-order valence-electron chi connectivity index (χ1n) is 8.44. The van der Waals surface area contributed by atoms with Gasteiger partial charge in [-0.3, -0.25) is 9.88 Å². The van der Waals surface area contributed by atoms with Crippen LogP contribution in [0.25, 0.3) is 16.6 Å². The fourth-order valence-corrected chi connectivity index (χ4v) is 3.25. The van der Waals surface area contributed by atoms with Crippen LogP contribution in [-0.4, -0.2) is 31.5 Å². The average Bonchev–Trinajstić information content (AvgIpc) is 2.97. The van der Waals surface area contributed by atoms with Crippen molar-refractivity contribution < 1.29 is 0 Å². The first kappa shape index (κ1) is 15.7. The largest absolute Gasteiger partial charge is 0.296 e. The van der Waals surface area contributed by atoms with E-state index in [1.807, 2.05) is 35.8 Å². The van der Waals surface area contributed by atoms with Gasteiger partial charge < -0.3 is 0 Å². The molecule has 5 nitrogen and oxygen atoms in total. The molecule has 0 aliphatic heterocycles. The molecule has 0 aliphatic carbocycles. The van der Waals surface area contributed by atoms with Crippen LogP contribution in [-0.2, 0) is 13.1 Å². The highest BCUT2D eigenvalue weighted by molar-refractivity contribution is 5.78. The lowest BCUT2D eigenvalue weighted by molar-refractivity contribution is 0.316. The molecule has 25 heavy (non-hydrogen) atoms. The van der Waals surface area contributed by atoms with E-state index in [9.17, 15) is 0 Å². The Morgan fingerprint density at radius 1 is 1.00 bits per heavy atom. The molecule has 4 aromatic rings. The van der Waals surface area contributed by atoms with Crippen molar-refractivity contribution in [2.75, 3.05) is 7.05 Å². The van der Waals surface area contributed by atoms with E-state index in [1.54, 1.807) is 0 Å². The van der Waals surface area contributed by atoms with Crippen LogP contribution in [0, 0.1) is 13.8 Å². The Labute approximate surface area is 147 Å². The molecule has 0 unspecified atom stereocenters. The summed E-state index contributed by atoms with van der Waals surface area (Å²) < 4.78 is 1.91. The second kappa shape index (κ2) is 6.26. The number of para-hydroxylation sites is 1. The minimum Gasteiger partial charge on any atom is -0.296 e. The summed E-state index contributed by atoms with van der Waals surface area (Å²) in [4.78, 5) is 11.7. The van der Waals surface area contributed by atoms with E-state index in [4.69, 9.17) is 4.98 Å². The van der Waals surface area contributed by atoms with E-state index in [2.05, 4.69) is 53.2 Å². The van der Waals surface area contributed by atoms with Crippen LogP contribution in [0.4, 0.5) is 0 Å². The van der Waals surface area contributed by atoms with Gasteiger partial charge in [0.15, 0.2) is 5.65 Å². The summed E-state index contributed by atoms with van der Waals surface area (Å²) in [5.74, 6) is 0. The van der Waals surface area contributed by atoms with E-state index >= 15 is 0 Å². The standard InChI is InChI=1S/C20H21N5/c1-14-10-15(2)25-20(22-14)17(11-21-25)12-24(3)13-18-9-8-16-6-4-5-7-19(16)23-18/h4-11H,12-13H2,1-3H3. The fourth-order valence-electron chi connectivity index (χ4n) is 3.25. The number of aryl methyl sites for hydroxylation is 2. The fraction of sp³-hybridized carbons (Fsp3) is 0.250. The summed E-state index contributed by atoms with van der Waals surface area (Å²) in [6.07, 6.45) is 1.92. The van der Waals surface area contributed by atoms with Gasteiger partial charge in [-0.2, -0.15) is 5.10 Å². The molecule has 5 heteroatoms. The van der Waals surface area contributed by atoms with Crippen LogP contribution in [0.5, 0.6) is 0 Å². The zero-order valence-electron chi connectivity index (χ0n) is 14.8. The Morgan fingerprint density at radius 2 is 1.84 bits per heavy atom. The number of pyridine rings is 1. The van der Waals surface area contributed by atoms with Crippen molar-refractivity contribution in [2.45, 2.75) is 26.9 Å². The summed E-state index contributed by atoms with van der Waals surface area (Å²) in [5.41, 5.74) is 6.31. The molecule has 0 spiro atoms. The monoisotopic (exact) mass is 331 g/mol. The highest BCUT2D eigenvalue weighted by atomic mass is 15.3. The van der Waals surface area contributed by atoms with E-state index < -0.39 is 0 Å². The topological polar surface area (TPSA) is 46.3 Å². The molecule has 0 bridgehead atoms. The maximum Gasteiger partial charge on any atom is 0.159 e. The Morgan fingerprint density at radius 3 is 2.72 bits per heavy atom. The van der Waals surface area contributed by atoms with Crippen molar-refractivity contribution in [1.29, 1.82) is 0 Å². The lowest BCUT2D eigenvalue weighted by Gasteiger charge is -2.15. The van der Waals surface area contributed by atoms with Crippen LogP contribution in [0.1, 0.15) is 22.6 Å². The second-order valence-corrected chi connectivity index (χ2v) is 6.61. The van der Waals surface area contributed by atoms with Gasteiger partial charge in [-0.05, 0) is 39.1 Å². The predicted molar refractivity (Wildman–Crippen MR) is 99.4 cm³/mol. The van der Waals surface area contributed by atoms with Crippen molar-refractivity contribution >= 4 is 16.6 Å². The number of benzene rings is 1. The van der Waals surface area contributed by atoms with Crippen LogP contribution in [0.3, 0.4) is 0 Å². The van der Waals surface area contributed by atoms with Gasteiger partial charge >= 0.3 is 0 Å². The zero-order chi connectivity index (χ0) is 17.4. The molecule has 0 saturated carbocycles. The first-order chi connectivity index (χ1) is 12.1. The minimum absolute atomic E-state index is 0.785. The van der Waals surface area contributed by atoms with Crippen LogP contribution < -0.4 is 0 Å². The summed E-state index contributed by atoms with van der Waals surface area (Å²) in [7, 11) is 2.10. The third-order valence-corrected chi connectivity index (χ3v) is 4.38. The molecule has 0 aliphatic rings. The third kappa shape index (κ3) is 3.10. The van der Waals surface area contributed by atoms with Crippen molar-refractivity contribution in [1.82, 2.24) is 24.5 Å². The molecule has 3 aromatic heterocycles. The molecule has 0 fully saturated rings. The third-order valence-electron chi connectivity index (χ3n) is 4.38. The van der Waals surface area contributed by atoms with Gasteiger partial charge in [-0.15, -0.1) is 0 Å². The molecule has 126 valence electrons. The molecule has 0 radical (unpaired) electrons. The highest BCUT2D eigenvalue weighted by Gasteiger charge is 2.11. The van der Waals surface area contributed by atoms with Gasteiger partial charge in [0.05, 0.1) is 17.4 Å². The SMILES string of the molecule is Cc1cc(C)n2ncc(CN(C)Cc3ccc4ccccc4n3)c2n1. The zero-order valence-corrected chi connectivity index (χ0v) is 14.8. The van der Waals surface area contributed by atoms with E-state index in [0.29, 0.717) is 0 Å². The smallest absolute Gasteiger partial charge is 0.159 e. The van der Waals surface area contributed by atoms with Gasteiger partial charge in [-0.1, -0.05) is 24.3 Å². The Kier molecular flexibility index (Phi) is 3.93. The lowest BCUT2D eigenvalue weighted by Crippen LogP contribution is -2.18. The number of hydrogen-bond donors (Lipinski definition) is 0. The predicted octanol–water partition coefficient (Wildman–Crippen LogP) is 3.53. The van der Waals surface area contributed by atoms with Crippen molar-refractivity contribution in [2.24, 2.45) is 0 Å². The van der Waals surface area contributed by atoms with Gasteiger partial charge in [0.25, 0.3) is 0 Å². The van der Waals surface area contributed by atoms with Gasteiger partial charge in [0.2, 0.25) is 0 Å². The lowest BCUT2D eigenvalue weighted by atomic mass is 10.2. The molecule has 1 aromatic carbocycles. The number of hydrogen-bond acceptors (Lipinski definition) is 4. The Balaban J connectivity index is 1.56. The summed E-state index contributed by atoms with van der Waals surface area (Å²) in [6.45, 7) is 5.65. The van der Waals surface area contributed by atoms with E-state index in [1.165, 1.54) is 5.39 Å². The number of nitrogens with zero attached hydrogens (tertiary/aromatic N) is 5. The minimum atomic E-state index is 0.785. The first-order valence-corrected chi connectivity index (χ1v) is 8.44. The van der Waals surface area contributed by atoms with Crippen molar-refractivity contribution in [3.63, 3.8) is 0 Å². The molecule has 0 N–H and O–H groups in total. The number of rotatable bonds is 4. The maximum atomic E-state index is 4.76. The summed E-state index contributed by atoms with van der Waals surface area (Å²) >= 11 is 0. The molecule has 3 heterocycles. The molecular weight excluding hydrogens is 310 g/mol. The Bertz CT molecular complexity index is 1050. The maximum absolute atomic E-state index is 4.76.